The molecule has 0 bridgehead atoms. The van der Waals surface area contributed by atoms with Crippen molar-refractivity contribution < 1.29 is 39.7 Å². The van der Waals surface area contributed by atoms with Crippen LogP contribution in [-0.4, -0.2) is 19.2 Å². The normalized spacial score (nSPS) is 7.00. The molecule has 0 aromatic rings. The highest BCUT2D eigenvalue weighted by atomic mass is 35.5. The minimum absolute atomic E-state index is 0. The first-order valence-corrected chi connectivity index (χ1v) is 2.92. The van der Waals surface area contributed by atoms with Crippen LogP contribution in [0, 0.1) is 0 Å². The van der Waals surface area contributed by atoms with E-state index in [1.54, 1.807) is 13.0 Å². The van der Waals surface area contributed by atoms with Crippen molar-refractivity contribution in [3.8, 4) is 0 Å². The monoisotopic (exact) mass is 200 g/mol. The molecule has 0 aliphatic rings. The molecule has 0 unspecified atom stereocenters. The van der Waals surface area contributed by atoms with Crippen molar-refractivity contribution in [1.29, 1.82) is 0 Å². The highest BCUT2D eigenvalue weighted by molar-refractivity contribution is 5.55. The summed E-state index contributed by atoms with van der Waals surface area (Å²) < 4.78 is 4.60. The average molecular weight is 201 g/mol. The molecule has 0 atom stereocenters. The van der Waals surface area contributed by atoms with Crippen molar-refractivity contribution in [2.75, 3.05) is 13.2 Å². The summed E-state index contributed by atoms with van der Waals surface area (Å²) in [4.78, 5) is 10.5. The standard InChI is InChI=1S/C6H11NO2.2ClH/c1-3-5-7-6(8)9-4-2;;/h3H,1,4-5H2,2H3,(H,7,8);2*1H/p-1. The highest BCUT2D eigenvalue weighted by Gasteiger charge is 2.00. The van der Waals surface area contributed by atoms with Gasteiger partial charge >= 0.3 is 6.09 Å². The number of halogens is 2. The van der Waals surface area contributed by atoms with Gasteiger partial charge in [-0.15, -0.1) is 0 Å². The number of primary amides is 1. The summed E-state index contributed by atoms with van der Waals surface area (Å²) >= 11 is 0. The van der Waals surface area contributed by atoms with E-state index >= 15 is 0 Å². The first kappa shape index (κ1) is 17.0. The van der Waals surface area contributed by atoms with Crippen LogP contribution in [0.4, 0.5) is 4.79 Å². The van der Waals surface area contributed by atoms with Gasteiger partial charge in [-0.2, -0.15) is 4.79 Å². The van der Waals surface area contributed by atoms with Gasteiger partial charge < -0.3 is 29.6 Å². The van der Waals surface area contributed by atoms with Crippen LogP contribution in [0.15, 0.2) is 12.7 Å². The number of nitrogens with two attached hydrogens (primary N) is 1. The van der Waals surface area contributed by atoms with Crippen molar-refractivity contribution in [3.05, 3.63) is 12.7 Å². The molecule has 3 nitrogen and oxygen atoms in total. The van der Waals surface area contributed by atoms with E-state index in [1.807, 2.05) is 0 Å². The molecular weight excluding hydrogens is 189 g/mol. The molecule has 0 spiro atoms. The topological polar surface area (TPSA) is 42.9 Å². The Bertz CT molecular complexity index is 109. The number of hydrogen-bond acceptors (Lipinski definition) is 2. The van der Waals surface area contributed by atoms with Crippen LogP contribution in [0.2, 0.25) is 0 Å². The summed E-state index contributed by atoms with van der Waals surface area (Å²) in [5.74, 6) is 0. The minimum Gasteiger partial charge on any atom is -1.00 e. The van der Waals surface area contributed by atoms with E-state index < -0.39 is 0 Å². The highest BCUT2D eigenvalue weighted by Crippen LogP contribution is 1.66. The molecule has 0 aliphatic heterocycles. The summed E-state index contributed by atoms with van der Waals surface area (Å²) in [6.07, 6.45) is 1.38. The number of carbonyl (C=O) groups is 1. The molecule has 0 aliphatic carbocycles. The molecule has 1 amide bonds. The van der Waals surface area contributed by atoms with Crippen LogP contribution < -0.4 is 30.1 Å². The summed E-state index contributed by atoms with van der Waals surface area (Å²) in [5.41, 5.74) is 0. The molecule has 0 aromatic heterocycles. The zero-order valence-electron chi connectivity index (χ0n) is 6.35. The van der Waals surface area contributed by atoms with Gasteiger partial charge in [0, 0.05) is 0 Å². The van der Waals surface area contributed by atoms with E-state index in [-0.39, 0.29) is 30.9 Å². The van der Waals surface area contributed by atoms with Gasteiger partial charge in [0.2, 0.25) is 0 Å². The van der Waals surface area contributed by atoms with E-state index in [1.165, 1.54) is 5.32 Å². The lowest BCUT2D eigenvalue weighted by Crippen LogP contribution is -3.00. The Morgan fingerprint density at radius 2 is 2.18 bits per heavy atom. The second-order valence-corrected chi connectivity index (χ2v) is 1.48. The number of quaternary nitrogens is 1. The van der Waals surface area contributed by atoms with Crippen molar-refractivity contribution in [1.82, 2.24) is 0 Å². The number of carbonyl (C=O) groups excluding carboxylic acids is 1. The zero-order chi connectivity index (χ0) is 7.11. The Labute approximate surface area is 79.0 Å². The lowest BCUT2D eigenvalue weighted by Gasteiger charge is -1.94. The maximum absolute atomic E-state index is 10.5. The van der Waals surface area contributed by atoms with Gasteiger partial charge in [0.25, 0.3) is 0 Å². The summed E-state index contributed by atoms with van der Waals surface area (Å²) in [7, 11) is 0. The van der Waals surface area contributed by atoms with Crippen LogP contribution in [0.1, 0.15) is 6.92 Å². The number of amides is 1. The van der Waals surface area contributed by atoms with Gasteiger partial charge in [-0.25, -0.2) is 5.32 Å². The Morgan fingerprint density at radius 1 is 1.64 bits per heavy atom. The maximum Gasteiger partial charge on any atom is 0.512 e. The summed E-state index contributed by atoms with van der Waals surface area (Å²) in [6, 6.07) is 0. The lowest BCUT2D eigenvalue weighted by atomic mass is 10.6. The molecule has 2 N–H and O–H groups in total. The Balaban J connectivity index is -0.000000320. The van der Waals surface area contributed by atoms with Crippen molar-refractivity contribution in [2.45, 2.75) is 6.92 Å². The van der Waals surface area contributed by atoms with Crippen LogP contribution in [0.3, 0.4) is 0 Å². The first-order chi connectivity index (χ1) is 4.31. The van der Waals surface area contributed by atoms with Crippen molar-refractivity contribution in [3.63, 3.8) is 0 Å². The molecule has 5 heteroatoms. The fraction of sp³-hybridized carbons (Fsp3) is 0.500. The fourth-order valence-electron chi connectivity index (χ4n) is 0.381. The van der Waals surface area contributed by atoms with Crippen LogP contribution >= 0.6 is 0 Å². The third-order valence-corrected chi connectivity index (χ3v) is 0.738. The van der Waals surface area contributed by atoms with Crippen LogP contribution in [0.25, 0.3) is 0 Å². The number of hydrogen-bond donors (Lipinski definition) is 1. The van der Waals surface area contributed by atoms with Crippen LogP contribution in [0.5, 0.6) is 0 Å². The molecule has 0 heterocycles. The first-order valence-electron chi connectivity index (χ1n) is 2.92. The van der Waals surface area contributed by atoms with Crippen LogP contribution in [-0.2, 0) is 4.74 Å². The van der Waals surface area contributed by atoms with Gasteiger partial charge in [-0.05, 0) is 13.0 Å². The lowest BCUT2D eigenvalue weighted by molar-refractivity contribution is -0.560. The molecule has 0 fully saturated rings. The predicted octanol–water partition coefficient (Wildman–Crippen LogP) is -6.10. The number of ether oxygens (including phenoxy) is 1. The Hall–Kier alpha value is -0.250. The van der Waals surface area contributed by atoms with Crippen molar-refractivity contribution in [2.24, 2.45) is 0 Å². The van der Waals surface area contributed by atoms with Crippen molar-refractivity contribution >= 4 is 6.09 Å². The molecule has 0 radical (unpaired) electrons. The van der Waals surface area contributed by atoms with E-state index in [0.29, 0.717) is 13.2 Å². The van der Waals surface area contributed by atoms with E-state index in [0.717, 1.165) is 0 Å². The van der Waals surface area contributed by atoms with E-state index in [2.05, 4.69) is 11.3 Å². The molecule has 68 valence electrons. The maximum atomic E-state index is 10.5. The van der Waals surface area contributed by atoms with Gasteiger partial charge in [0.15, 0.2) is 0 Å². The smallest absolute Gasteiger partial charge is 0.512 e. The molecule has 0 saturated heterocycles. The number of rotatable bonds is 3. The quantitative estimate of drug-likeness (QED) is 0.462. The molecule has 0 saturated carbocycles. The second-order valence-electron chi connectivity index (χ2n) is 1.48. The molecule has 11 heavy (non-hydrogen) atoms. The third kappa shape index (κ3) is 12.9. The largest absolute Gasteiger partial charge is 1.00 e. The van der Waals surface area contributed by atoms with Gasteiger partial charge in [0.05, 0.1) is 6.61 Å². The van der Waals surface area contributed by atoms with Gasteiger partial charge in [0.1, 0.15) is 6.54 Å². The minimum atomic E-state index is -0.266. The van der Waals surface area contributed by atoms with Gasteiger partial charge in [-0.1, -0.05) is 6.58 Å². The average Bonchev–Trinajstić information content (AvgIpc) is 1.85. The fourth-order valence-corrected chi connectivity index (χ4v) is 0.381. The molecular formula is C6H12Cl2NO2-. The predicted molar refractivity (Wildman–Crippen MR) is 34.0 cm³/mol. The second kappa shape index (κ2) is 12.4. The Morgan fingerprint density at radius 3 is 2.55 bits per heavy atom. The SMILES string of the molecule is C=CC[NH2+]C(=O)OCC.[Cl-].[Cl-]. The zero-order valence-corrected chi connectivity index (χ0v) is 7.86. The van der Waals surface area contributed by atoms with E-state index in [4.69, 9.17) is 0 Å². The Kier molecular flexibility index (Phi) is 19.2. The molecule has 0 rings (SSSR count). The molecule has 0 aromatic carbocycles. The van der Waals surface area contributed by atoms with Gasteiger partial charge in [-0.3, -0.25) is 0 Å². The summed E-state index contributed by atoms with van der Waals surface area (Å²) in [5, 5.41) is 1.45. The summed E-state index contributed by atoms with van der Waals surface area (Å²) in [6.45, 7) is 6.25. The third-order valence-electron chi connectivity index (χ3n) is 0.738. The van der Waals surface area contributed by atoms with E-state index in [9.17, 15) is 4.79 Å².